The van der Waals surface area contributed by atoms with Crippen molar-refractivity contribution in [1.29, 1.82) is 0 Å². The molecule has 4 N–H and O–H groups in total. The van der Waals surface area contributed by atoms with E-state index in [0.29, 0.717) is 17.8 Å². The molecule has 0 spiro atoms. The number of anilines is 1. The number of likely N-dealkylation sites (N-methyl/N-ethyl adjacent to an activating group) is 1. The molecule has 2 rings (SSSR count). The first kappa shape index (κ1) is 55.4. The zero-order valence-corrected chi connectivity index (χ0v) is 38.9. The fourth-order valence-corrected chi connectivity index (χ4v) is 6.48. The molecule has 1 aromatic heterocycles. The molecule has 344 valence electrons. The molecule has 0 aliphatic carbocycles. The maximum absolute atomic E-state index is 12.9. The SMILES string of the molecule is CCC.CCC(C)C(C(CC)OC)N(C)C(=O)CNc1ncc(C(=O)NCCNC(=O)OC(C)(C)C)c(C)n1.COC(=O)[C@H](C)NC(=O)C(C)C(OC)C1CCCN1C=O. The Balaban J connectivity index is 0.00000122. The average Bonchev–Trinajstić information content (AvgIpc) is 3.68. The molecular formula is C42H76N8O10. The number of nitrogens with one attached hydrogen (secondary N) is 4. The van der Waals surface area contributed by atoms with Crippen LogP contribution in [0, 0.1) is 18.8 Å². The molecule has 1 aromatic rings. The molecule has 60 heavy (non-hydrogen) atoms. The number of nitrogens with zero attached hydrogens (tertiary/aromatic N) is 4. The lowest BCUT2D eigenvalue weighted by Crippen LogP contribution is -2.50. The zero-order chi connectivity index (χ0) is 46.2. The van der Waals surface area contributed by atoms with Crippen molar-refractivity contribution >= 4 is 42.1 Å². The summed E-state index contributed by atoms with van der Waals surface area (Å²) in [7, 11) is 6.26. The van der Waals surface area contributed by atoms with E-state index in [2.05, 4.69) is 63.7 Å². The Bertz CT molecular complexity index is 1470. The van der Waals surface area contributed by atoms with Crippen LogP contribution in [-0.4, -0.2) is 146 Å². The number of aromatic nitrogens is 2. The number of aryl methyl sites for hydroxylation is 1. The summed E-state index contributed by atoms with van der Waals surface area (Å²) in [6.45, 7) is 22.0. The number of carbonyl (C=O) groups is 6. The van der Waals surface area contributed by atoms with Gasteiger partial charge in [-0.1, -0.05) is 54.4 Å². The second kappa shape index (κ2) is 28.8. The van der Waals surface area contributed by atoms with E-state index in [1.54, 1.807) is 65.5 Å². The normalized spacial score (nSPS) is 16.4. The van der Waals surface area contributed by atoms with Crippen molar-refractivity contribution < 1.29 is 47.7 Å². The van der Waals surface area contributed by atoms with E-state index in [4.69, 9.17) is 14.2 Å². The van der Waals surface area contributed by atoms with Crippen LogP contribution in [0.2, 0.25) is 0 Å². The third kappa shape index (κ3) is 19.2. The van der Waals surface area contributed by atoms with Gasteiger partial charge in [-0.25, -0.2) is 19.6 Å². The molecule has 1 saturated heterocycles. The number of esters is 1. The van der Waals surface area contributed by atoms with Crippen molar-refractivity contribution in [3.05, 3.63) is 17.5 Å². The minimum absolute atomic E-state index is 0.0188. The fourth-order valence-electron chi connectivity index (χ4n) is 6.48. The van der Waals surface area contributed by atoms with E-state index in [1.165, 1.54) is 26.8 Å². The van der Waals surface area contributed by atoms with E-state index in [-0.39, 0.29) is 67.4 Å². The third-order valence-corrected chi connectivity index (χ3v) is 9.80. The molecule has 18 nitrogen and oxygen atoms in total. The first-order chi connectivity index (χ1) is 28.2. The van der Waals surface area contributed by atoms with E-state index in [9.17, 15) is 28.8 Å². The summed E-state index contributed by atoms with van der Waals surface area (Å²) >= 11 is 0. The highest BCUT2D eigenvalue weighted by Gasteiger charge is 2.38. The summed E-state index contributed by atoms with van der Waals surface area (Å²) in [5.74, 6) is -1.19. The van der Waals surface area contributed by atoms with Gasteiger partial charge in [-0.15, -0.1) is 0 Å². The number of hydrogen-bond donors (Lipinski definition) is 4. The molecule has 2 heterocycles. The minimum atomic E-state index is -0.715. The summed E-state index contributed by atoms with van der Waals surface area (Å²) in [6.07, 6.45) is 5.90. The second-order valence-corrected chi connectivity index (χ2v) is 15.8. The van der Waals surface area contributed by atoms with E-state index < -0.39 is 35.7 Å². The maximum Gasteiger partial charge on any atom is 0.407 e. The Morgan fingerprint density at radius 1 is 0.983 bits per heavy atom. The number of carbonyl (C=O) groups excluding carboxylic acids is 6. The van der Waals surface area contributed by atoms with Gasteiger partial charge in [0.05, 0.1) is 55.1 Å². The molecule has 0 radical (unpaired) electrons. The number of alkyl carbamates (subject to hydrolysis) is 1. The van der Waals surface area contributed by atoms with Crippen molar-refractivity contribution in [2.24, 2.45) is 11.8 Å². The van der Waals surface area contributed by atoms with Gasteiger partial charge in [0, 0.05) is 47.1 Å². The molecule has 7 atom stereocenters. The summed E-state index contributed by atoms with van der Waals surface area (Å²) in [4.78, 5) is 83.5. The molecule has 6 unspecified atom stereocenters. The number of methoxy groups -OCH3 is 3. The van der Waals surface area contributed by atoms with Gasteiger partial charge in [0.2, 0.25) is 24.2 Å². The van der Waals surface area contributed by atoms with Crippen LogP contribution < -0.4 is 21.3 Å². The maximum atomic E-state index is 12.9. The van der Waals surface area contributed by atoms with Gasteiger partial charge in [0.25, 0.3) is 5.91 Å². The summed E-state index contributed by atoms with van der Waals surface area (Å²) < 4.78 is 20.8. The standard InChI is InChI=1S/C25H44N6O5.C14H24N2O5.C3H8/c1-10-16(3)21(19(11-2)35-9)31(8)20(32)15-29-23-28-14-18(17(4)30-23)22(33)26-12-13-27-24(34)36-25(5,6)7;1-9(13(18)15-10(2)14(19)21-4)12(20-3)11-6-5-7-16(11)8-17;1-3-2/h14,16,19,21H,10-13,15H2,1-9H3,(H,26,33)(H,27,34)(H,28,29,30);8-12H,5-7H2,1-4H3,(H,15,18);3H2,1-2H3/t;9?,10-,11?,12?;/m.0./s1. The lowest BCUT2D eigenvalue weighted by Gasteiger charge is -2.37. The number of hydrogen-bond acceptors (Lipinski definition) is 13. The van der Waals surface area contributed by atoms with Crippen molar-refractivity contribution in [3.8, 4) is 0 Å². The van der Waals surface area contributed by atoms with E-state index in [1.807, 2.05) is 6.92 Å². The van der Waals surface area contributed by atoms with Gasteiger partial charge < -0.3 is 50.0 Å². The molecule has 1 fully saturated rings. The summed E-state index contributed by atoms with van der Waals surface area (Å²) in [5.41, 5.74) is 0.188. The zero-order valence-electron chi connectivity index (χ0n) is 38.9. The highest BCUT2D eigenvalue weighted by molar-refractivity contribution is 5.95. The summed E-state index contributed by atoms with van der Waals surface area (Å²) in [6, 6.07) is -0.868. The topological polar surface area (TPSA) is 220 Å². The van der Waals surface area contributed by atoms with Crippen LogP contribution in [0.5, 0.6) is 0 Å². The van der Waals surface area contributed by atoms with Gasteiger partial charge in [-0.3, -0.25) is 19.2 Å². The number of likely N-dealkylation sites (tertiary alicyclic amines) is 1. The van der Waals surface area contributed by atoms with Crippen LogP contribution in [-0.2, 0) is 38.1 Å². The number of rotatable bonds is 20. The molecule has 0 bridgehead atoms. The van der Waals surface area contributed by atoms with E-state index >= 15 is 0 Å². The minimum Gasteiger partial charge on any atom is -0.467 e. The van der Waals surface area contributed by atoms with Crippen LogP contribution in [0.25, 0.3) is 0 Å². The Labute approximate surface area is 358 Å². The van der Waals surface area contributed by atoms with Crippen LogP contribution >= 0.6 is 0 Å². The lowest BCUT2D eigenvalue weighted by atomic mass is 9.91. The lowest BCUT2D eigenvalue weighted by molar-refractivity contribution is -0.146. The monoisotopic (exact) mass is 853 g/mol. The van der Waals surface area contributed by atoms with Crippen LogP contribution in [0.4, 0.5) is 10.7 Å². The van der Waals surface area contributed by atoms with Gasteiger partial charge in [0.1, 0.15) is 11.6 Å². The van der Waals surface area contributed by atoms with Crippen LogP contribution in [0.15, 0.2) is 6.20 Å². The molecule has 1 aliphatic heterocycles. The molecule has 0 saturated carbocycles. The molecule has 5 amide bonds. The van der Waals surface area contributed by atoms with Gasteiger partial charge in [0.15, 0.2) is 0 Å². The van der Waals surface area contributed by atoms with Crippen molar-refractivity contribution in [1.82, 2.24) is 35.7 Å². The quantitative estimate of drug-likeness (QED) is 0.0826. The van der Waals surface area contributed by atoms with Gasteiger partial charge in [-0.05, 0) is 59.8 Å². The molecule has 1 aliphatic rings. The largest absolute Gasteiger partial charge is 0.467 e. The first-order valence-corrected chi connectivity index (χ1v) is 20.9. The fraction of sp³-hybridized carbons (Fsp3) is 0.762. The highest BCUT2D eigenvalue weighted by atomic mass is 16.6. The molecule has 18 heteroatoms. The Hall–Kier alpha value is -4.58. The Morgan fingerprint density at radius 3 is 2.10 bits per heavy atom. The number of ether oxygens (including phenoxy) is 4. The Morgan fingerprint density at radius 2 is 1.60 bits per heavy atom. The van der Waals surface area contributed by atoms with Gasteiger partial charge >= 0.3 is 12.1 Å². The predicted molar refractivity (Wildman–Crippen MR) is 230 cm³/mol. The average molecular weight is 853 g/mol. The predicted octanol–water partition coefficient (Wildman–Crippen LogP) is 4.10. The van der Waals surface area contributed by atoms with Crippen LogP contribution in [0.3, 0.4) is 0 Å². The Kier molecular flexibility index (Phi) is 26.6. The molecule has 0 aromatic carbocycles. The van der Waals surface area contributed by atoms with E-state index in [0.717, 1.165) is 32.1 Å². The number of amides is 5. The summed E-state index contributed by atoms with van der Waals surface area (Å²) in [5, 5.41) is 10.8. The first-order valence-electron chi connectivity index (χ1n) is 20.9. The van der Waals surface area contributed by atoms with Gasteiger partial charge in [-0.2, -0.15) is 0 Å². The smallest absolute Gasteiger partial charge is 0.407 e. The highest BCUT2D eigenvalue weighted by Crippen LogP contribution is 2.25. The van der Waals surface area contributed by atoms with Crippen molar-refractivity contribution in [2.75, 3.05) is 59.9 Å². The van der Waals surface area contributed by atoms with Crippen molar-refractivity contribution in [3.63, 3.8) is 0 Å². The third-order valence-electron chi connectivity index (χ3n) is 9.80. The molecular weight excluding hydrogens is 777 g/mol. The van der Waals surface area contributed by atoms with Crippen LogP contribution in [0.1, 0.15) is 117 Å². The van der Waals surface area contributed by atoms with Crippen molar-refractivity contribution in [2.45, 2.75) is 144 Å². The second-order valence-electron chi connectivity index (χ2n) is 15.8.